The molecule has 0 amide bonds. The summed E-state index contributed by atoms with van der Waals surface area (Å²) in [6.07, 6.45) is 0.713. The molecule has 4 rings (SSSR count). The zero-order chi connectivity index (χ0) is 18.5. The number of aromatic nitrogens is 3. The van der Waals surface area contributed by atoms with Crippen LogP contribution < -0.4 is 4.72 Å². The number of nitrogens with one attached hydrogen (secondary N) is 2. The minimum Gasteiger partial charge on any atom is -0.345 e. The Balaban J connectivity index is 1.76. The monoisotopic (exact) mass is 382 g/mol. The molecule has 1 aliphatic carbocycles. The number of hydrogen-bond acceptors (Lipinski definition) is 4. The zero-order valence-electron chi connectivity index (χ0n) is 13.2. The van der Waals surface area contributed by atoms with Crippen molar-refractivity contribution in [1.29, 1.82) is 0 Å². The molecule has 10 heteroatoms. The Hall–Kier alpha value is -2.62. The Labute approximate surface area is 146 Å². The molecule has 2 N–H and O–H groups in total. The second-order valence-corrected chi connectivity index (χ2v) is 7.77. The number of benzene rings is 1. The van der Waals surface area contributed by atoms with Gasteiger partial charge in [-0.1, -0.05) is 6.07 Å². The van der Waals surface area contributed by atoms with Crippen molar-refractivity contribution in [3.63, 3.8) is 0 Å². The summed E-state index contributed by atoms with van der Waals surface area (Å²) in [4.78, 5) is 10.1. The molecule has 0 radical (unpaired) electrons. The van der Waals surface area contributed by atoms with Gasteiger partial charge in [-0.15, -0.1) is 0 Å². The highest BCUT2D eigenvalue weighted by Gasteiger charge is 2.36. The highest BCUT2D eigenvalue weighted by Crippen LogP contribution is 2.44. The van der Waals surface area contributed by atoms with Gasteiger partial charge in [0.25, 0.3) is 10.0 Å². The lowest BCUT2D eigenvalue weighted by Gasteiger charge is -2.16. The van der Waals surface area contributed by atoms with E-state index >= 15 is 0 Å². The van der Waals surface area contributed by atoms with E-state index in [4.69, 9.17) is 0 Å². The normalized spacial score (nSPS) is 15.3. The molecule has 0 aliphatic heterocycles. The Morgan fingerprint density at radius 1 is 1.23 bits per heavy atom. The first kappa shape index (κ1) is 16.8. The SMILES string of the molecule is O=S(=O)(Nc1ccc(C2CC2)cc1C(F)(F)F)c1c[nH]c2ncncc12. The van der Waals surface area contributed by atoms with E-state index in [9.17, 15) is 21.6 Å². The molecule has 0 atom stereocenters. The summed E-state index contributed by atoms with van der Waals surface area (Å²) in [5, 5.41) is 0.197. The van der Waals surface area contributed by atoms with Crippen molar-refractivity contribution in [3.8, 4) is 0 Å². The van der Waals surface area contributed by atoms with Gasteiger partial charge in [0.15, 0.2) is 0 Å². The number of anilines is 1. The van der Waals surface area contributed by atoms with E-state index in [-0.39, 0.29) is 21.8 Å². The van der Waals surface area contributed by atoms with Crippen LogP contribution in [0.1, 0.15) is 29.9 Å². The summed E-state index contributed by atoms with van der Waals surface area (Å²) in [7, 11) is -4.26. The second kappa shape index (κ2) is 5.70. The van der Waals surface area contributed by atoms with Crippen molar-refractivity contribution in [2.45, 2.75) is 29.8 Å². The predicted molar refractivity (Wildman–Crippen MR) is 88.1 cm³/mol. The standard InChI is InChI=1S/C16H13F3N4O2S/c17-16(18,19)12-5-10(9-1-2-9)3-4-13(12)23-26(24,25)14-7-21-15-11(14)6-20-8-22-15/h3-9,23H,1-2H2,(H,20,21,22). The van der Waals surface area contributed by atoms with Gasteiger partial charge in [-0.05, 0) is 36.5 Å². The summed E-state index contributed by atoms with van der Waals surface area (Å²) in [6.45, 7) is 0. The average Bonchev–Trinajstić information content (AvgIpc) is 3.32. The molecule has 2 heterocycles. The lowest BCUT2D eigenvalue weighted by Crippen LogP contribution is -2.17. The van der Waals surface area contributed by atoms with Gasteiger partial charge in [0.05, 0.1) is 16.6 Å². The molecule has 6 nitrogen and oxygen atoms in total. The Morgan fingerprint density at radius 2 is 2.00 bits per heavy atom. The summed E-state index contributed by atoms with van der Waals surface area (Å²) in [5.41, 5.74) is -0.657. The fourth-order valence-electron chi connectivity index (χ4n) is 2.81. The maximum Gasteiger partial charge on any atom is 0.418 e. The van der Waals surface area contributed by atoms with Gasteiger partial charge in [0.2, 0.25) is 0 Å². The molecule has 26 heavy (non-hydrogen) atoms. The van der Waals surface area contributed by atoms with Crippen molar-refractivity contribution in [2.75, 3.05) is 4.72 Å². The minimum absolute atomic E-state index is 0.118. The number of rotatable bonds is 4. The topological polar surface area (TPSA) is 87.7 Å². The minimum atomic E-state index is -4.67. The Bertz CT molecular complexity index is 1090. The molecular weight excluding hydrogens is 369 g/mol. The fourth-order valence-corrected chi connectivity index (χ4v) is 4.05. The summed E-state index contributed by atoms with van der Waals surface area (Å²) in [6, 6.07) is 3.72. The Kier molecular flexibility index (Phi) is 3.69. The second-order valence-electron chi connectivity index (χ2n) is 6.12. The van der Waals surface area contributed by atoms with Crippen molar-refractivity contribution in [1.82, 2.24) is 15.0 Å². The molecular formula is C16H13F3N4O2S. The number of sulfonamides is 1. The van der Waals surface area contributed by atoms with Gasteiger partial charge in [-0.2, -0.15) is 13.2 Å². The number of halogens is 3. The lowest BCUT2D eigenvalue weighted by molar-refractivity contribution is -0.136. The molecule has 0 unspecified atom stereocenters. The lowest BCUT2D eigenvalue weighted by atomic mass is 10.1. The number of hydrogen-bond donors (Lipinski definition) is 2. The number of alkyl halides is 3. The van der Waals surface area contributed by atoms with E-state index in [0.29, 0.717) is 5.56 Å². The summed E-state index contributed by atoms with van der Waals surface area (Å²) >= 11 is 0. The third-order valence-corrected chi connectivity index (χ3v) is 5.65. The highest BCUT2D eigenvalue weighted by molar-refractivity contribution is 7.93. The molecule has 1 aromatic carbocycles. The first-order valence-electron chi connectivity index (χ1n) is 7.77. The van der Waals surface area contributed by atoms with Gasteiger partial charge in [-0.3, -0.25) is 4.72 Å². The van der Waals surface area contributed by atoms with Crippen molar-refractivity contribution < 1.29 is 21.6 Å². The van der Waals surface area contributed by atoms with Crippen LogP contribution in [0.5, 0.6) is 0 Å². The van der Waals surface area contributed by atoms with Gasteiger partial charge < -0.3 is 4.98 Å². The van der Waals surface area contributed by atoms with Crippen molar-refractivity contribution in [2.24, 2.45) is 0 Å². The highest BCUT2D eigenvalue weighted by atomic mass is 32.2. The Morgan fingerprint density at radius 3 is 2.69 bits per heavy atom. The summed E-state index contributed by atoms with van der Waals surface area (Å²) in [5.74, 6) is 0.118. The molecule has 0 bridgehead atoms. The van der Waals surface area contributed by atoms with Crippen LogP contribution in [0, 0.1) is 0 Å². The van der Waals surface area contributed by atoms with Crippen LogP contribution in [0.2, 0.25) is 0 Å². The molecule has 1 aliphatic rings. The molecule has 1 saturated carbocycles. The van der Waals surface area contributed by atoms with E-state index in [1.807, 2.05) is 0 Å². The summed E-state index contributed by atoms with van der Waals surface area (Å²) < 4.78 is 67.6. The predicted octanol–water partition coefficient (Wildman–Crippen LogP) is 3.65. The largest absolute Gasteiger partial charge is 0.418 e. The van der Waals surface area contributed by atoms with Crippen molar-refractivity contribution in [3.05, 3.63) is 48.0 Å². The molecule has 136 valence electrons. The van der Waals surface area contributed by atoms with Crippen LogP contribution in [0.25, 0.3) is 11.0 Å². The van der Waals surface area contributed by atoms with Crippen LogP contribution in [0.4, 0.5) is 18.9 Å². The van der Waals surface area contributed by atoms with Crippen LogP contribution in [0.15, 0.2) is 41.8 Å². The van der Waals surface area contributed by atoms with Gasteiger partial charge in [0, 0.05) is 12.4 Å². The first-order valence-corrected chi connectivity index (χ1v) is 9.25. The number of aromatic amines is 1. The molecule has 3 aromatic rings. The number of nitrogens with zero attached hydrogens (tertiary/aromatic N) is 2. The van der Waals surface area contributed by atoms with E-state index in [1.165, 1.54) is 30.9 Å². The van der Waals surface area contributed by atoms with Gasteiger partial charge in [-0.25, -0.2) is 18.4 Å². The van der Waals surface area contributed by atoms with E-state index in [1.54, 1.807) is 0 Å². The van der Waals surface area contributed by atoms with Crippen LogP contribution in [-0.2, 0) is 16.2 Å². The first-order chi connectivity index (χ1) is 12.3. The molecule has 1 fully saturated rings. The number of fused-ring (bicyclic) bond motifs is 1. The van der Waals surface area contributed by atoms with Gasteiger partial charge >= 0.3 is 6.18 Å². The average molecular weight is 382 g/mol. The molecule has 0 saturated heterocycles. The van der Waals surface area contributed by atoms with Crippen molar-refractivity contribution >= 4 is 26.7 Å². The van der Waals surface area contributed by atoms with Crippen LogP contribution >= 0.6 is 0 Å². The fraction of sp³-hybridized carbons (Fsp3) is 0.250. The maximum atomic E-state index is 13.4. The third kappa shape index (κ3) is 3.00. The van der Waals surface area contributed by atoms with E-state index in [2.05, 4.69) is 19.7 Å². The zero-order valence-corrected chi connectivity index (χ0v) is 14.0. The van der Waals surface area contributed by atoms with Crippen LogP contribution in [0.3, 0.4) is 0 Å². The van der Waals surface area contributed by atoms with E-state index in [0.717, 1.165) is 18.9 Å². The van der Waals surface area contributed by atoms with Gasteiger partial charge in [0.1, 0.15) is 16.9 Å². The maximum absolute atomic E-state index is 13.4. The number of H-pyrrole nitrogens is 1. The third-order valence-electron chi connectivity index (χ3n) is 4.25. The van der Waals surface area contributed by atoms with E-state index < -0.39 is 27.5 Å². The quantitative estimate of drug-likeness (QED) is 0.721. The molecule has 2 aromatic heterocycles. The molecule has 0 spiro atoms. The van der Waals surface area contributed by atoms with Crippen LogP contribution in [-0.4, -0.2) is 23.4 Å². The smallest absolute Gasteiger partial charge is 0.345 e.